The van der Waals surface area contributed by atoms with Gasteiger partial charge in [-0.15, -0.1) is 11.3 Å². The number of nitrogens with one attached hydrogen (secondary N) is 3. The van der Waals surface area contributed by atoms with E-state index >= 15 is 0 Å². The molecule has 1 aromatic carbocycles. The molecule has 3 aromatic rings. The highest BCUT2D eigenvalue weighted by atomic mass is 79.9. The highest BCUT2D eigenvalue weighted by molar-refractivity contribution is 9.10. The number of hydrogen-bond acceptors (Lipinski definition) is 3. The minimum atomic E-state index is -0.179. The van der Waals surface area contributed by atoms with Gasteiger partial charge in [0.2, 0.25) is 0 Å². The van der Waals surface area contributed by atoms with Crippen LogP contribution in [0.4, 0.5) is 5.69 Å². The highest BCUT2D eigenvalue weighted by Crippen LogP contribution is 2.31. The van der Waals surface area contributed by atoms with Crippen molar-refractivity contribution in [3.05, 3.63) is 49.5 Å². The molecule has 19 heavy (non-hydrogen) atoms. The molecule has 98 valence electrons. The summed E-state index contributed by atoms with van der Waals surface area (Å²) in [5.74, 6) is 0. The standard InChI is InChI=1S/C13H12BrN3OS/c1-7(12-9(14)4-5-19-12)15-8-2-3-10-11(6-8)17-13(18)16-10/h2-7,15H,1H3,(H2,16,17,18). The predicted molar refractivity (Wildman–Crippen MR) is 83.0 cm³/mol. The highest BCUT2D eigenvalue weighted by Gasteiger charge is 2.11. The van der Waals surface area contributed by atoms with Crippen LogP contribution in [0.5, 0.6) is 0 Å². The average Bonchev–Trinajstić information content (AvgIpc) is 2.93. The van der Waals surface area contributed by atoms with Crippen LogP contribution in [0.2, 0.25) is 0 Å². The van der Waals surface area contributed by atoms with Crippen LogP contribution in [-0.4, -0.2) is 9.97 Å². The molecule has 2 aromatic heterocycles. The molecular formula is C13H12BrN3OS. The number of imidazole rings is 1. The molecule has 1 unspecified atom stereocenters. The van der Waals surface area contributed by atoms with Crippen molar-refractivity contribution in [2.75, 3.05) is 5.32 Å². The number of H-pyrrole nitrogens is 2. The van der Waals surface area contributed by atoms with Crippen LogP contribution in [0, 0.1) is 0 Å². The maximum atomic E-state index is 11.2. The van der Waals surface area contributed by atoms with Gasteiger partial charge in [-0.3, -0.25) is 0 Å². The van der Waals surface area contributed by atoms with Crippen LogP contribution in [0.15, 0.2) is 38.9 Å². The summed E-state index contributed by atoms with van der Waals surface area (Å²) in [6, 6.07) is 8.05. The lowest BCUT2D eigenvalue weighted by atomic mass is 10.2. The molecule has 0 aliphatic carbocycles. The van der Waals surface area contributed by atoms with Gasteiger partial charge in [0.05, 0.1) is 17.1 Å². The van der Waals surface area contributed by atoms with Gasteiger partial charge in [0.25, 0.3) is 0 Å². The SMILES string of the molecule is CC(Nc1ccc2[nH]c(=O)[nH]c2c1)c1sccc1Br. The average molecular weight is 338 g/mol. The van der Waals surface area contributed by atoms with Gasteiger partial charge < -0.3 is 15.3 Å². The summed E-state index contributed by atoms with van der Waals surface area (Å²) < 4.78 is 1.12. The van der Waals surface area contributed by atoms with Crippen LogP contribution in [0.25, 0.3) is 11.0 Å². The Morgan fingerprint density at radius 3 is 2.79 bits per heavy atom. The molecule has 4 nitrogen and oxygen atoms in total. The number of aromatic nitrogens is 2. The summed E-state index contributed by atoms with van der Waals surface area (Å²) in [4.78, 5) is 18.0. The molecule has 0 fully saturated rings. The van der Waals surface area contributed by atoms with E-state index in [1.807, 2.05) is 24.3 Å². The Labute approximate surface area is 122 Å². The monoisotopic (exact) mass is 337 g/mol. The summed E-state index contributed by atoms with van der Waals surface area (Å²) in [6.07, 6.45) is 0. The van der Waals surface area contributed by atoms with Gasteiger partial charge in [0.15, 0.2) is 0 Å². The third-order valence-electron chi connectivity index (χ3n) is 2.94. The Balaban J connectivity index is 1.88. The fourth-order valence-electron chi connectivity index (χ4n) is 2.05. The summed E-state index contributed by atoms with van der Waals surface area (Å²) in [7, 11) is 0. The number of rotatable bonds is 3. The van der Waals surface area contributed by atoms with E-state index in [2.05, 4.69) is 43.5 Å². The number of aromatic amines is 2. The Morgan fingerprint density at radius 1 is 1.26 bits per heavy atom. The first-order valence-electron chi connectivity index (χ1n) is 5.85. The zero-order valence-corrected chi connectivity index (χ0v) is 12.6. The Bertz CT molecular complexity index is 773. The van der Waals surface area contributed by atoms with Gasteiger partial charge in [0.1, 0.15) is 0 Å². The summed E-state index contributed by atoms with van der Waals surface area (Å²) >= 11 is 5.25. The lowest BCUT2D eigenvalue weighted by Crippen LogP contribution is -2.05. The van der Waals surface area contributed by atoms with Crippen LogP contribution in [0.3, 0.4) is 0 Å². The van der Waals surface area contributed by atoms with Gasteiger partial charge in [-0.1, -0.05) is 0 Å². The number of thiophene rings is 1. The van der Waals surface area contributed by atoms with E-state index in [9.17, 15) is 4.79 Å². The molecule has 0 spiro atoms. The van der Waals surface area contributed by atoms with E-state index in [0.29, 0.717) is 0 Å². The largest absolute Gasteiger partial charge is 0.378 e. The predicted octanol–water partition coefficient (Wildman–Crippen LogP) is 3.85. The number of benzene rings is 1. The summed E-state index contributed by atoms with van der Waals surface area (Å²) in [5, 5.41) is 5.49. The molecule has 3 N–H and O–H groups in total. The van der Waals surface area contributed by atoms with Gasteiger partial charge >= 0.3 is 5.69 Å². The fraction of sp³-hybridized carbons (Fsp3) is 0.154. The lowest BCUT2D eigenvalue weighted by Gasteiger charge is -2.14. The van der Waals surface area contributed by atoms with Crippen LogP contribution >= 0.6 is 27.3 Å². The number of hydrogen-bond donors (Lipinski definition) is 3. The van der Waals surface area contributed by atoms with Crippen molar-refractivity contribution in [3.8, 4) is 0 Å². The fourth-order valence-corrected chi connectivity index (χ4v) is 3.78. The maximum absolute atomic E-state index is 11.2. The molecule has 0 aliphatic rings. The van der Waals surface area contributed by atoms with Crippen molar-refractivity contribution < 1.29 is 0 Å². The minimum Gasteiger partial charge on any atom is -0.378 e. The van der Waals surface area contributed by atoms with Crippen molar-refractivity contribution in [2.24, 2.45) is 0 Å². The van der Waals surface area contributed by atoms with E-state index < -0.39 is 0 Å². The van der Waals surface area contributed by atoms with E-state index in [1.165, 1.54) is 4.88 Å². The molecule has 0 saturated heterocycles. The second-order valence-electron chi connectivity index (χ2n) is 4.34. The van der Waals surface area contributed by atoms with Crippen molar-refractivity contribution in [2.45, 2.75) is 13.0 Å². The zero-order valence-electron chi connectivity index (χ0n) is 10.2. The number of fused-ring (bicyclic) bond motifs is 1. The first-order valence-corrected chi connectivity index (χ1v) is 7.52. The van der Waals surface area contributed by atoms with Gasteiger partial charge in [0, 0.05) is 15.0 Å². The summed E-state index contributed by atoms with van der Waals surface area (Å²) in [6.45, 7) is 2.11. The van der Waals surface area contributed by atoms with Crippen molar-refractivity contribution >= 4 is 44.0 Å². The van der Waals surface area contributed by atoms with Crippen LogP contribution < -0.4 is 11.0 Å². The summed E-state index contributed by atoms with van der Waals surface area (Å²) in [5.41, 5.74) is 2.43. The minimum absolute atomic E-state index is 0.179. The molecule has 0 radical (unpaired) electrons. The Kier molecular flexibility index (Phi) is 3.20. The Morgan fingerprint density at radius 2 is 2.05 bits per heavy atom. The maximum Gasteiger partial charge on any atom is 0.323 e. The van der Waals surface area contributed by atoms with Gasteiger partial charge in [-0.2, -0.15) is 0 Å². The van der Waals surface area contributed by atoms with E-state index in [1.54, 1.807) is 11.3 Å². The Hall–Kier alpha value is -1.53. The molecule has 0 amide bonds. The normalized spacial score (nSPS) is 12.7. The van der Waals surface area contributed by atoms with E-state index in [4.69, 9.17) is 0 Å². The molecule has 0 saturated carbocycles. The van der Waals surface area contributed by atoms with Crippen LogP contribution in [-0.2, 0) is 0 Å². The van der Waals surface area contributed by atoms with Gasteiger partial charge in [-0.25, -0.2) is 4.79 Å². The van der Waals surface area contributed by atoms with Gasteiger partial charge in [-0.05, 0) is 52.5 Å². The van der Waals surface area contributed by atoms with E-state index in [0.717, 1.165) is 21.2 Å². The first kappa shape index (κ1) is 12.5. The number of anilines is 1. The third-order valence-corrected chi connectivity index (χ3v) is 4.99. The third kappa shape index (κ3) is 2.46. The zero-order chi connectivity index (χ0) is 13.4. The number of halogens is 1. The van der Waals surface area contributed by atoms with E-state index in [-0.39, 0.29) is 11.7 Å². The second-order valence-corrected chi connectivity index (χ2v) is 6.14. The van der Waals surface area contributed by atoms with Crippen LogP contribution in [0.1, 0.15) is 17.8 Å². The van der Waals surface area contributed by atoms with Crippen molar-refractivity contribution in [1.29, 1.82) is 0 Å². The molecular weight excluding hydrogens is 326 g/mol. The quantitative estimate of drug-likeness (QED) is 0.679. The topological polar surface area (TPSA) is 60.7 Å². The van der Waals surface area contributed by atoms with Crippen molar-refractivity contribution in [1.82, 2.24) is 9.97 Å². The molecule has 0 aliphatic heterocycles. The molecule has 6 heteroatoms. The molecule has 3 rings (SSSR count). The second kappa shape index (κ2) is 4.86. The lowest BCUT2D eigenvalue weighted by molar-refractivity contribution is 0.903. The van der Waals surface area contributed by atoms with Crippen molar-refractivity contribution in [3.63, 3.8) is 0 Å². The molecule has 1 atom stereocenters. The molecule has 2 heterocycles. The smallest absolute Gasteiger partial charge is 0.323 e. The first-order chi connectivity index (χ1) is 9.13. The molecule has 0 bridgehead atoms.